The quantitative estimate of drug-likeness (QED) is 0.705. The molecule has 3 nitrogen and oxygen atoms in total. The van der Waals surface area contributed by atoms with Crippen molar-refractivity contribution in [1.29, 1.82) is 0 Å². The molecule has 20 heavy (non-hydrogen) atoms. The molecule has 0 aliphatic heterocycles. The number of fused-ring (bicyclic) bond motifs is 1. The van der Waals surface area contributed by atoms with Crippen molar-refractivity contribution >= 4 is 33.0 Å². The number of hydrogen-bond acceptors (Lipinski definition) is 4. The third kappa shape index (κ3) is 2.04. The topological polar surface area (TPSA) is 53.4 Å². The van der Waals surface area contributed by atoms with Crippen LogP contribution in [-0.2, 0) is 6.61 Å². The lowest BCUT2D eigenvalue weighted by atomic mass is 10.1. The van der Waals surface area contributed by atoms with Gasteiger partial charge in [0.25, 0.3) is 0 Å². The Balaban J connectivity index is 2.40. The standard InChI is InChI=1S/C14H9ClFNO2S/c15-11-5-4-9(19)13(17-11)12-7-2-1-3-8(16)14(7)20-10(12)6-18/h1-5,18-19H,6H2. The molecule has 0 bridgehead atoms. The van der Waals surface area contributed by atoms with Crippen LogP contribution in [0.2, 0.25) is 5.15 Å². The molecule has 1 aromatic carbocycles. The second-order valence-corrected chi connectivity index (χ2v) is 5.67. The van der Waals surface area contributed by atoms with Gasteiger partial charge in [-0.2, -0.15) is 0 Å². The Bertz CT molecular complexity index is 803. The first-order valence-electron chi connectivity index (χ1n) is 5.78. The molecule has 3 aromatic rings. The summed E-state index contributed by atoms with van der Waals surface area (Å²) in [5, 5.41) is 20.3. The van der Waals surface area contributed by atoms with Crippen molar-refractivity contribution in [2.45, 2.75) is 6.61 Å². The number of halogens is 2. The van der Waals surface area contributed by atoms with Gasteiger partial charge in [0.2, 0.25) is 0 Å². The number of aromatic hydroxyl groups is 1. The Kier molecular flexibility index (Phi) is 3.33. The predicted octanol–water partition coefficient (Wildman–Crippen LogP) is 3.95. The highest BCUT2D eigenvalue weighted by Gasteiger charge is 2.19. The molecule has 0 fully saturated rings. The molecule has 0 radical (unpaired) electrons. The van der Waals surface area contributed by atoms with E-state index in [0.29, 0.717) is 20.5 Å². The van der Waals surface area contributed by atoms with Crippen LogP contribution >= 0.6 is 22.9 Å². The summed E-state index contributed by atoms with van der Waals surface area (Å²) in [5.41, 5.74) is 0.769. The summed E-state index contributed by atoms with van der Waals surface area (Å²) in [7, 11) is 0. The molecule has 0 aliphatic rings. The first-order valence-corrected chi connectivity index (χ1v) is 6.98. The highest BCUT2D eigenvalue weighted by Crippen LogP contribution is 2.42. The molecule has 2 N–H and O–H groups in total. The average Bonchev–Trinajstić information content (AvgIpc) is 2.81. The van der Waals surface area contributed by atoms with Gasteiger partial charge in [-0.15, -0.1) is 11.3 Å². The second kappa shape index (κ2) is 5.01. The van der Waals surface area contributed by atoms with E-state index in [4.69, 9.17) is 11.6 Å². The number of aliphatic hydroxyl groups is 1. The Morgan fingerprint density at radius 3 is 2.80 bits per heavy atom. The summed E-state index contributed by atoms with van der Waals surface area (Å²) in [6.45, 7) is -0.262. The fraction of sp³-hybridized carbons (Fsp3) is 0.0714. The summed E-state index contributed by atoms with van der Waals surface area (Å²) in [5.74, 6) is -0.428. The molecule has 0 spiro atoms. The van der Waals surface area contributed by atoms with Crippen LogP contribution in [0.1, 0.15) is 4.88 Å². The van der Waals surface area contributed by atoms with Gasteiger partial charge in [0.1, 0.15) is 22.4 Å². The zero-order valence-corrected chi connectivity index (χ0v) is 11.7. The Morgan fingerprint density at radius 1 is 1.25 bits per heavy atom. The fourth-order valence-corrected chi connectivity index (χ4v) is 3.33. The van der Waals surface area contributed by atoms with E-state index >= 15 is 0 Å². The molecule has 0 unspecified atom stereocenters. The molecule has 6 heteroatoms. The zero-order chi connectivity index (χ0) is 14.3. The van der Waals surface area contributed by atoms with Crippen molar-refractivity contribution in [2.75, 3.05) is 0 Å². The van der Waals surface area contributed by atoms with Gasteiger partial charge in [-0.05, 0) is 18.2 Å². The third-order valence-corrected chi connectivity index (χ3v) is 4.37. The van der Waals surface area contributed by atoms with E-state index < -0.39 is 0 Å². The fourth-order valence-electron chi connectivity index (χ4n) is 2.12. The van der Waals surface area contributed by atoms with Crippen LogP contribution in [0.15, 0.2) is 30.3 Å². The number of aromatic nitrogens is 1. The highest BCUT2D eigenvalue weighted by atomic mass is 35.5. The molecule has 0 aliphatic carbocycles. The summed E-state index contributed by atoms with van der Waals surface area (Å²) < 4.78 is 14.3. The first-order chi connectivity index (χ1) is 9.61. The maximum absolute atomic E-state index is 13.8. The zero-order valence-electron chi connectivity index (χ0n) is 10.1. The largest absolute Gasteiger partial charge is 0.506 e. The molecule has 0 saturated carbocycles. The molecule has 2 aromatic heterocycles. The van der Waals surface area contributed by atoms with Crippen LogP contribution in [0.4, 0.5) is 4.39 Å². The van der Waals surface area contributed by atoms with Crippen molar-refractivity contribution in [3.05, 3.63) is 46.2 Å². The summed E-state index contributed by atoms with van der Waals surface area (Å²) in [6.07, 6.45) is 0. The number of benzene rings is 1. The van der Waals surface area contributed by atoms with Crippen molar-refractivity contribution in [3.8, 4) is 17.0 Å². The van der Waals surface area contributed by atoms with E-state index in [1.165, 1.54) is 18.2 Å². The van der Waals surface area contributed by atoms with Gasteiger partial charge < -0.3 is 10.2 Å². The van der Waals surface area contributed by atoms with E-state index in [2.05, 4.69) is 4.98 Å². The molecule has 2 heterocycles. The van der Waals surface area contributed by atoms with Gasteiger partial charge in [-0.3, -0.25) is 0 Å². The monoisotopic (exact) mass is 309 g/mol. The molecule has 3 rings (SSSR count). The molecule has 0 saturated heterocycles. The minimum atomic E-state index is -0.366. The minimum absolute atomic E-state index is 0.0620. The Morgan fingerprint density at radius 2 is 2.05 bits per heavy atom. The highest BCUT2D eigenvalue weighted by molar-refractivity contribution is 7.19. The lowest BCUT2D eigenvalue weighted by Crippen LogP contribution is -1.89. The van der Waals surface area contributed by atoms with Gasteiger partial charge >= 0.3 is 0 Å². The summed E-state index contributed by atoms with van der Waals surface area (Å²) >= 11 is 7.00. The van der Waals surface area contributed by atoms with E-state index in [1.807, 2.05) is 0 Å². The van der Waals surface area contributed by atoms with Crippen molar-refractivity contribution in [1.82, 2.24) is 4.98 Å². The van der Waals surface area contributed by atoms with E-state index in [-0.39, 0.29) is 29.0 Å². The Hall–Kier alpha value is -1.69. The molecule has 0 amide bonds. The normalized spacial score (nSPS) is 11.2. The van der Waals surface area contributed by atoms with E-state index in [1.54, 1.807) is 12.1 Å². The van der Waals surface area contributed by atoms with E-state index in [0.717, 1.165) is 11.3 Å². The summed E-state index contributed by atoms with van der Waals surface area (Å²) in [4.78, 5) is 4.63. The number of rotatable bonds is 2. The third-order valence-electron chi connectivity index (χ3n) is 2.96. The van der Waals surface area contributed by atoms with E-state index in [9.17, 15) is 14.6 Å². The van der Waals surface area contributed by atoms with Crippen LogP contribution < -0.4 is 0 Å². The van der Waals surface area contributed by atoms with Crippen molar-refractivity contribution in [3.63, 3.8) is 0 Å². The van der Waals surface area contributed by atoms with Gasteiger partial charge in [-0.25, -0.2) is 9.37 Å². The maximum atomic E-state index is 13.8. The number of nitrogens with zero attached hydrogens (tertiary/aromatic N) is 1. The SMILES string of the molecule is OCc1sc2c(F)cccc2c1-c1nc(Cl)ccc1O. The first kappa shape index (κ1) is 13.3. The average molecular weight is 310 g/mol. The molecule has 0 atom stereocenters. The lowest BCUT2D eigenvalue weighted by Gasteiger charge is -2.05. The minimum Gasteiger partial charge on any atom is -0.506 e. The number of thiophene rings is 1. The lowest BCUT2D eigenvalue weighted by molar-refractivity contribution is 0.286. The molecular formula is C14H9ClFNO2S. The second-order valence-electron chi connectivity index (χ2n) is 4.18. The molecular weight excluding hydrogens is 301 g/mol. The van der Waals surface area contributed by atoms with Crippen LogP contribution in [0.3, 0.4) is 0 Å². The molecule has 102 valence electrons. The predicted molar refractivity (Wildman–Crippen MR) is 77.6 cm³/mol. The van der Waals surface area contributed by atoms with Crippen LogP contribution in [-0.4, -0.2) is 15.2 Å². The van der Waals surface area contributed by atoms with Gasteiger partial charge in [0.15, 0.2) is 0 Å². The van der Waals surface area contributed by atoms with Crippen LogP contribution in [0, 0.1) is 5.82 Å². The number of aliphatic hydroxyl groups excluding tert-OH is 1. The smallest absolute Gasteiger partial charge is 0.142 e. The Labute approximate surface area is 122 Å². The van der Waals surface area contributed by atoms with Crippen LogP contribution in [0.25, 0.3) is 21.3 Å². The number of hydrogen-bond donors (Lipinski definition) is 2. The number of pyridine rings is 1. The summed E-state index contributed by atoms with van der Waals surface area (Å²) in [6, 6.07) is 7.56. The van der Waals surface area contributed by atoms with Gasteiger partial charge in [-0.1, -0.05) is 23.7 Å². The van der Waals surface area contributed by atoms with Crippen molar-refractivity contribution in [2.24, 2.45) is 0 Å². The van der Waals surface area contributed by atoms with Crippen molar-refractivity contribution < 1.29 is 14.6 Å². The van der Waals surface area contributed by atoms with Gasteiger partial charge in [0, 0.05) is 15.8 Å². The maximum Gasteiger partial charge on any atom is 0.142 e. The van der Waals surface area contributed by atoms with Gasteiger partial charge in [0.05, 0.1) is 11.3 Å². The van der Waals surface area contributed by atoms with Crippen LogP contribution in [0.5, 0.6) is 5.75 Å².